The molecule has 3 aromatic heterocycles. The van der Waals surface area contributed by atoms with E-state index in [0.29, 0.717) is 13.1 Å². The Kier molecular flexibility index (Phi) is 4.33. The van der Waals surface area contributed by atoms with Crippen molar-refractivity contribution in [2.24, 2.45) is 0 Å². The average molecular weight is 335 g/mol. The number of aromatic nitrogens is 4. The average Bonchev–Trinajstić information content (AvgIpc) is 3.34. The first-order chi connectivity index (χ1) is 12.3. The summed E-state index contributed by atoms with van der Waals surface area (Å²) in [4.78, 5) is 19.0. The minimum Gasteiger partial charge on any atom is -0.339 e. The molecule has 0 N–H and O–H groups in total. The summed E-state index contributed by atoms with van der Waals surface area (Å²) in [5, 5.41) is 4.34. The van der Waals surface area contributed by atoms with Crippen molar-refractivity contribution < 1.29 is 4.79 Å². The van der Waals surface area contributed by atoms with Gasteiger partial charge in [0.15, 0.2) is 0 Å². The molecule has 1 atom stereocenters. The molecule has 0 unspecified atom stereocenters. The van der Waals surface area contributed by atoms with Crippen LogP contribution >= 0.6 is 0 Å². The van der Waals surface area contributed by atoms with E-state index in [2.05, 4.69) is 10.1 Å². The van der Waals surface area contributed by atoms with E-state index in [1.165, 1.54) is 0 Å². The Hall–Kier alpha value is -2.89. The molecular formula is C19H21N5O. The Morgan fingerprint density at radius 2 is 2.00 bits per heavy atom. The zero-order valence-corrected chi connectivity index (χ0v) is 14.0. The topological polar surface area (TPSA) is 56.0 Å². The van der Waals surface area contributed by atoms with E-state index < -0.39 is 0 Å². The van der Waals surface area contributed by atoms with Crippen LogP contribution in [0.25, 0.3) is 0 Å². The maximum atomic E-state index is 13.1. The summed E-state index contributed by atoms with van der Waals surface area (Å²) in [6, 6.07) is 9.98. The van der Waals surface area contributed by atoms with Gasteiger partial charge >= 0.3 is 0 Å². The summed E-state index contributed by atoms with van der Waals surface area (Å²) in [5.41, 5.74) is 1.87. The molecule has 4 rings (SSSR count). The molecule has 1 amide bonds. The molecule has 0 aromatic carbocycles. The normalized spacial score (nSPS) is 17.6. The van der Waals surface area contributed by atoms with Crippen molar-refractivity contribution in [3.8, 4) is 0 Å². The van der Waals surface area contributed by atoms with E-state index in [4.69, 9.17) is 0 Å². The largest absolute Gasteiger partial charge is 0.339 e. The van der Waals surface area contributed by atoms with Gasteiger partial charge < -0.3 is 9.47 Å². The fourth-order valence-corrected chi connectivity index (χ4v) is 3.44. The first-order valence-electron chi connectivity index (χ1n) is 8.64. The molecule has 0 aliphatic carbocycles. The van der Waals surface area contributed by atoms with Crippen molar-refractivity contribution in [2.45, 2.75) is 25.4 Å². The van der Waals surface area contributed by atoms with Crippen LogP contribution in [0.15, 0.2) is 61.3 Å². The molecule has 3 aromatic rings. The van der Waals surface area contributed by atoms with Crippen LogP contribution in [0.2, 0.25) is 0 Å². The lowest BCUT2D eigenvalue weighted by atomic mass is 10.1. The van der Waals surface area contributed by atoms with E-state index >= 15 is 0 Å². The van der Waals surface area contributed by atoms with Crippen LogP contribution in [-0.4, -0.2) is 43.2 Å². The fourth-order valence-electron chi connectivity index (χ4n) is 3.44. The van der Waals surface area contributed by atoms with Crippen LogP contribution < -0.4 is 0 Å². The van der Waals surface area contributed by atoms with Gasteiger partial charge in [-0.15, -0.1) is 0 Å². The highest BCUT2D eigenvalue weighted by Crippen LogP contribution is 2.22. The van der Waals surface area contributed by atoms with Crippen LogP contribution in [0.3, 0.4) is 0 Å². The van der Waals surface area contributed by atoms with Gasteiger partial charge in [-0.3, -0.25) is 14.5 Å². The predicted molar refractivity (Wildman–Crippen MR) is 94.2 cm³/mol. The standard InChI is InChI=1S/C19H21N5O/c25-19(23-12-1-4-17(15-23)24-13-3-8-21-24)18-5-2-11-22(18)14-16-6-9-20-10-7-16/h2-3,5-11,13,17H,1,4,12,14-15H2/t17-/m1/s1. The third-order valence-electron chi connectivity index (χ3n) is 4.73. The Labute approximate surface area is 146 Å². The SMILES string of the molecule is O=C(c1cccn1Cc1ccncc1)N1CCC[C@@H](n2cccn2)C1. The van der Waals surface area contributed by atoms with Gasteiger partial charge in [-0.05, 0) is 48.7 Å². The molecule has 1 saturated heterocycles. The summed E-state index contributed by atoms with van der Waals surface area (Å²) >= 11 is 0. The maximum Gasteiger partial charge on any atom is 0.270 e. The Balaban J connectivity index is 1.50. The Morgan fingerprint density at radius 1 is 1.12 bits per heavy atom. The third-order valence-corrected chi connectivity index (χ3v) is 4.73. The van der Waals surface area contributed by atoms with Crippen molar-refractivity contribution >= 4 is 5.91 Å². The maximum absolute atomic E-state index is 13.1. The number of hydrogen-bond acceptors (Lipinski definition) is 3. The number of carbonyl (C=O) groups is 1. The fraction of sp³-hybridized carbons (Fsp3) is 0.316. The molecule has 128 valence electrons. The molecule has 1 fully saturated rings. The van der Waals surface area contributed by atoms with Crippen LogP contribution in [0, 0.1) is 0 Å². The third kappa shape index (κ3) is 3.33. The zero-order valence-electron chi connectivity index (χ0n) is 14.0. The van der Waals surface area contributed by atoms with E-state index in [1.807, 2.05) is 56.9 Å². The minimum atomic E-state index is 0.0934. The Bertz CT molecular complexity index is 825. The van der Waals surface area contributed by atoms with Gasteiger partial charge in [-0.25, -0.2) is 0 Å². The minimum absolute atomic E-state index is 0.0934. The number of rotatable bonds is 4. The lowest BCUT2D eigenvalue weighted by Crippen LogP contribution is -2.41. The first-order valence-corrected chi connectivity index (χ1v) is 8.64. The molecule has 25 heavy (non-hydrogen) atoms. The van der Waals surface area contributed by atoms with Crippen LogP contribution in [0.4, 0.5) is 0 Å². The number of hydrogen-bond donors (Lipinski definition) is 0. The van der Waals surface area contributed by atoms with Gasteiger partial charge in [0.1, 0.15) is 5.69 Å². The second kappa shape index (κ2) is 6.93. The molecular weight excluding hydrogens is 314 g/mol. The number of carbonyl (C=O) groups excluding carboxylic acids is 1. The van der Waals surface area contributed by atoms with Crippen molar-refractivity contribution in [1.82, 2.24) is 24.2 Å². The number of amides is 1. The first kappa shape index (κ1) is 15.6. The zero-order chi connectivity index (χ0) is 17.1. The van der Waals surface area contributed by atoms with Gasteiger partial charge in [0.2, 0.25) is 0 Å². The molecule has 1 aliphatic heterocycles. The van der Waals surface area contributed by atoms with Crippen molar-refractivity contribution in [3.05, 3.63) is 72.6 Å². The number of nitrogens with zero attached hydrogens (tertiary/aromatic N) is 5. The summed E-state index contributed by atoms with van der Waals surface area (Å²) in [7, 11) is 0. The monoisotopic (exact) mass is 335 g/mol. The van der Waals surface area contributed by atoms with E-state index in [1.54, 1.807) is 18.6 Å². The summed E-state index contributed by atoms with van der Waals surface area (Å²) in [6.45, 7) is 2.19. The molecule has 0 spiro atoms. The second-order valence-electron chi connectivity index (χ2n) is 6.41. The smallest absolute Gasteiger partial charge is 0.270 e. The van der Waals surface area contributed by atoms with Gasteiger partial charge in [-0.2, -0.15) is 5.10 Å². The predicted octanol–water partition coefficient (Wildman–Crippen LogP) is 2.61. The summed E-state index contributed by atoms with van der Waals surface area (Å²) in [5.74, 6) is 0.0934. The highest BCUT2D eigenvalue weighted by atomic mass is 16.2. The van der Waals surface area contributed by atoms with Crippen molar-refractivity contribution in [2.75, 3.05) is 13.1 Å². The van der Waals surface area contributed by atoms with Gasteiger partial charge in [0, 0.05) is 50.6 Å². The molecule has 0 bridgehead atoms. The van der Waals surface area contributed by atoms with Crippen molar-refractivity contribution in [1.29, 1.82) is 0 Å². The quantitative estimate of drug-likeness (QED) is 0.736. The number of likely N-dealkylation sites (tertiary alicyclic amines) is 1. The summed E-state index contributed by atoms with van der Waals surface area (Å²) in [6.07, 6.45) is 11.3. The number of piperidine rings is 1. The van der Waals surface area contributed by atoms with E-state index in [9.17, 15) is 4.79 Å². The van der Waals surface area contributed by atoms with Gasteiger partial charge in [0.25, 0.3) is 5.91 Å². The molecule has 6 nitrogen and oxygen atoms in total. The number of pyridine rings is 1. The lowest BCUT2D eigenvalue weighted by molar-refractivity contribution is 0.0662. The highest BCUT2D eigenvalue weighted by Gasteiger charge is 2.27. The van der Waals surface area contributed by atoms with E-state index in [-0.39, 0.29) is 11.9 Å². The van der Waals surface area contributed by atoms with Crippen molar-refractivity contribution in [3.63, 3.8) is 0 Å². The Morgan fingerprint density at radius 3 is 2.80 bits per heavy atom. The van der Waals surface area contributed by atoms with Crippen LogP contribution in [0.1, 0.15) is 34.9 Å². The van der Waals surface area contributed by atoms with E-state index in [0.717, 1.165) is 30.6 Å². The summed E-state index contributed by atoms with van der Waals surface area (Å²) < 4.78 is 3.98. The van der Waals surface area contributed by atoms with Gasteiger partial charge in [-0.1, -0.05) is 0 Å². The highest BCUT2D eigenvalue weighted by molar-refractivity contribution is 5.92. The molecule has 1 aliphatic rings. The molecule has 0 saturated carbocycles. The lowest BCUT2D eigenvalue weighted by Gasteiger charge is -2.33. The van der Waals surface area contributed by atoms with Crippen LogP contribution in [-0.2, 0) is 6.54 Å². The van der Waals surface area contributed by atoms with Gasteiger partial charge in [0.05, 0.1) is 6.04 Å². The molecule has 4 heterocycles. The second-order valence-corrected chi connectivity index (χ2v) is 6.41. The molecule has 0 radical (unpaired) electrons. The van der Waals surface area contributed by atoms with Crippen LogP contribution in [0.5, 0.6) is 0 Å². The molecule has 6 heteroatoms.